The molecule has 0 aromatic carbocycles. The molecule has 1 unspecified atom stereocenters. The number of hydrogen-bond acceptors (Lipinski definition) is 6. The van der Waals surface area contributed by atoms with E-state index in [1.54, 1.807) is 0 Å². The highest BCUT2D eigenvalue weighted by atomic mass is 32.2. The summed E-state index contributed by atoms with van der Waals surface area (Å²) in [5, 5.41) is 2.59. The van der Waals surface area contributed by atoms with Crippen LogP contribution in [0.25, 0.3) is 0 Å². The first kappa shape index (κ1) is 14.5. The first-order chi connectivity index (χ1) is 9.43. The molecule has 9 heteroatoms. The van der Waals surface area contributed by atoms with Crippen LogP contribution in [0.1, 0.15) is 6.42 Å². The second-order valence-electron chi connectivity index (χ2n) is 4.40. The molecule has 1 saturated heterocycles. The number of alkyl carbamates (subject to hydrolysis) is 1. The van der Waals surface area contributed by atoms with Gasteiger partial charge in [0.05, 0.1) is 7.11 Å². The third-order valence-corrected chi connectivity index (χ3v) is 4.90. The standard InChI is InChI=1S/C11H16N4O4S/c1-19-11(16)14-8-4-5-15(7-8)20(17,18)9-2-3-10(12)13-6-9/h2-3,6,8H,4-5,7H2,1H3,(H2,12,13)(H,14,16). The molecule has 0 spiro atoms. The van der Waals surface area contributed by atoms with Crippen molar-refractivity contribution in [1.82, 2.24) is 14.6 Å². The van der Waals surface area contributed by atoms with Gasteiger partial charge in [-0.1, -0.05) is 0 Å². The average molecular weight is 300 g/mol. The van der Waals surface area contributed by atoms with E-state index >= 15 is 0 Å². The second-order valence-corrected chi connectivity index (χ2v) is 6.34. The van der Waals surface area contributed by atoms with Crippen LogP contribution >= 0.6 is 0 Å². The third-order valence-electron chi connectivity index (χ3n) is 3.06. The molecule has 1 atom stereocenters. The number of nitrogens with zero attached hydrogens (tertiary/aromatic N) is 2. The highest BCUT2D eigenvalue weighted by Gasteiger charge is 2.33. The van der Waals surface area contributed by atoms with Gasteiger partial charge in [0.15, 0.2) is 0 Å². The molecule has 20 heavy (non-hydrogen) atoms. The number of nitrogens with one attached hydrogen (secondary N) is 1. The quantitative estimate of drug-likeness (QED) is 0.797. The van der Waals surface area contributed by atoms with Gasteiger partial charge in [-0.15, -0.1) is 0 Å². The van der Waals surface area contributed by atoms with Crippen molar-refractivity contribution in [2.75, 3.05) is 25.9 Å². The summed E-state index contributed by atoms with van der Waals surface area (Å²) in [7, 11) is -2.34. The fraction of sp³-hybridized carbons (Fsp3) is 0.455. The summed E-state index contributed by atoms with van der Waals surface area (Å²) < 4.78 is 30.5. The van der Waals surface area contributed by atoms with E-state index in [0.29, 0.717) is 13.0 Å². The lowest BCUT2D eigenvalue weighted by molar-refractivity contribution is 0.167. The van der Waals surface area contributed by atoms with E-state index in [2.05, 4.69) is 15.0 Å². The number of hydrogen-bond donors (Lipinski definition) is 2. The SMILES string of the molecule is COC(=O)NC1CCN(S(=O)(=O)c2ccc(N)nc2)C1. The zero-order chi connectivity index (χ0) is 14.8. The Kier molecular flexibility index (Phi) is 4.09. The zero-order valence-corrected chi connectivity index (χ0v) is 11.8. The summed E-state index contributed by atoms with van der Waals surface area (Å²) in [6, 6.07) is 2.60. The molecule has 2 heterocycles. The maximum absolute atomic E-state index is 12.3. The van der Waals surface area contributed by atoms with Gasteiger partial charge in [0.1, 0.15) is 10.7 Å². The first-order valence-corrected chi connectivity index (χ1v) is 7.43. The molecule has 8 nitrogen and oxygen atoms in total. The van der Waals surface area contributed by atoms with Gasteiger partial charge in [0.2, 0.25) is 10.0 Å². The van der Waals surface area contributed by atoms with Crippen molar-refractivity contribution in [3.05, 3.63) is 18.3 Å². The summed E-state index contributed by atoms with van der Waals surface area (Å²) >= 11 is 0. The smallest absolute Gasteiger partial charge is 0.407 e. The van der Waals surface area contributed by atoms with Gasteiger partial charge in [0, 0.05) is 25.3 Å². The van der Waals surface area contributed by atoms with Crippen molar-refractivity contribution in [1.29, 1.82) is 0 Å². The number of aromatic nitrogens is 1. The van der Waals surface area contributed by atoms with Crippen molar-refractivity contribution < 1.29 is 17.9 Å². The van der Waals surface area contributed by atoms with Crippen molar-refractivity contribution in [2.24, 2.45) is 0 Å². The van der Waals surface area contributed by atoms with Gasteiger partial charge in [0.25, 0.3) is 0 Å². The molecule has 1 fully saturated rings. The molecule has 110 valence electrons. The molecule has 0 saturated carbocycles. The Bertz CT molecular complexity index is 587. The highest BCUT2D eigenvalue weighted by Crippen LogP contribution is 2.21. The van der Waals surface area contributed by atoms with E-state index in [1.807, 2.05) is 0 Å². The fourth-order valence-corrected chi connectivity index (χ4v) is 3.43. The molecule has 0 aliphatic carbocycles. The summed E-state index contributed by atoms with van der Waals surface area (Å²) in [6.07, 6.45) is 1.20. The van der Waals surface area contributed by atoms with Crippen LogP contribution in [-0.4, -0.2) is 50.0 Å². The Balaban J connectivity index is 2.08. The van der Waals surface area contributed by atoms with Crippen LogP contribution in [0, 0.1) is 0 Å². The van der Waals surface area contributed by atoms with Crippen LogP contribution in [0.15, 0.2) is 23.2 Å². The molecule has 0 radical (unpaired) electrons. The summed E-state index contributed by atoms with van der Waals surface area (Å²) in [5.41, 5.74) is 5.43. The third kappa shape index (κ3) is 2.99. The van der Waals surface area contributed by atoms with Crippen LogP contribution in [0.5, 0.6) is 0 Å². The number of anilines is 1. The minimum atomic E-state index is -3.61. The summed E-state index contributed by atoms with van der Waals surface area (Å²) in [4.78, 5) is 15.0. The molecule has 2 rings (SSSR count). The Morgan fingerprint density at radius 3 is 2.90 bits per heavy atom. The van der Waals surface area contributed by atoms with E-state index in [1.165, 1.54) is 29.7 Å². The predicted octanol–water partition coefficient (Wildman–Crippen LogP) is -0.217. The molecular formula is C11H16N4O4S. The topological polar surface area (TPSA) is 115 Å². The van der Waals surface area contributed by atoms with Crippen molar-refractivity contribution in [3.8, 4) is 0 Å². The molecular weight excluding hydrogens is 284 g/mol. The van der Waals surface area contributed by atoms with Crippen molar-refractivity contribution in [3.63, 3.8) is 0 Å². The monoisotopic (exact) mass is 300 g/mol. The minimum absolute atomic E-state index is 0.0884. The number of rotatable bonds is 3. The van der Waals surface area contributed by atoms with Crippen LogP contribution in [0.2, 0.25) is 0 Å². The molecule has 1 aliphatic rings. The van der Waals surface area contributed by atoms with Crippen molar-refractivity contribution >= 4 is 21.9 Å². The van der Waals surface area contributed by atoms with E-state index in [4.69, 9.17) is 5.73 Å². The van der Waals surface area contributed by atoms with Crippen LogP contribution in [0.4, 0.5) is 10.6 Å². The molecule has 3 N–H and O–H groups in total. The fourth-order valence-electron chi connectivity index (χ4n) is 1.98. The number of carbonyl (C=O) groups is 1. The second kappa shape index (κ2) is 5.63. The highest BCUT2D eigenvalue weighted by molar-refractivity contribution is 7.89. The molecule has 1 aliphatic heterocycles. The van der Waals surface area contributed by atoms with Gasteiger partial charge in [-0.25, -0.2) is 18.2 Å². The van der Waals surface area contributed by atoms with E-state index in [0.717, 1.165) is 0 Å². The lowest BCUT2D eigenvalue weighted by Crippen LogP contribution is -2.38. The summed E-state index contributed by atoms with van der Waals surface area (Å²) in [5.74, 6) is 0.260. The van der Waals surface area contributed by atoms with Crippen molar-refractivity contribution in [2.45, 2.75) is 17.4 Å². The molecule has 0 bridgehead atoms. The van der Waals surface area contributed by atoms with Crippen LogP contribution in [-0.2, 0) is 14.8 Å². The Morgan fingerprint density at radius 1 is 1.55 bits per heavy atom. The molecule has 1 amide bonds. The van der Waals surface area contributed by atoms with Gasteiger partial charge in [-0.05, 0) is 18.6 Å². The van der Waals surface area contributed by atoms with E-state index < -0.39 is 16.1 Å². The number of pyridine rings is 1. The maximum Gasteiger partial charge on any atom is 0.407 e. The number of carbonyl (C=O) groups excluding carboxylic acids is 1. The van der Waals surface area contributed by atoms with Crippen LogP contribution < -0.4 is 11.1 Å². The Hall–Kier alpha value is -1.87. The lowest BCUT2D eigenvalue weighted by atomic mass is 10.3. The lowest BCUT2D eigenvalue weighted by Gasteiger charge is -2.16. The number of amides is 1. The summed E-state index contributed by atoms with van der Waals surface area (Å²) in [6.45, 7) is 0.545. The predicted molar refractivity (Wildman–Crippen MR) is 71.4 cm³/mol. The number of methoxy groups -OCH3 is 1. The number of ether oxygens (including phenoxy) is 1. The Labute approximate surface area is 117 Å². The molecule has 1 aromatic heterocycles. The van der Waals surface area contributed by atoms with Gasteiger partial charge >= 0.3 is 6.09 Å². The number of sulfonamides is 1. The Morgan fingerprint density at radius 2 is 2.30 bits per heavy atom. The average Bonchev–Trinajstić information content (AvgIpc) is 2.88. The van der Waals surface area contributed by atoms with Gasteiger partial charge < -0.3 is 15.8 Å². The number of nitrogen functional groups attached to an aromatic ring is 1. The minimum Gasteiger partial charge on any atom is -0.453 e. The largest absolute Gasteiger partial charge is 0.453 e. The maximum atomic E-state index is 12.3. The van der Waals surface area contributed by atoms with Gasteiger partial charge in [-0.3, -0.25) is 0 Å². The number of nitrogens with two attached hydrogens (primary N) is 1. The van der Waals surface area contributed by atoms with Crippen LogP contribution in [0.3, 0.4) is 0 Å². The zero-order valence-electron chi connectivity index (χ0n) is 10.9. The molecule has 1 aromatic rings. The normalized spacial score (nSPS) is 19.8. The first-order valence-electron chi connectivity index (χ1n) is 5.99. The van der Waals surface area contributed by atoms with Gasteiger partial charge in [-0.2, -0.15) is 4.31 Å². The van der Waals surface area contributed by atoms with E-state index in [9.17, 15) is 13.2 Å². The van der Waals surface area contributed by atoms with E-state index in [-0.39, 0.29) is 23.3 Å².